The van der Waals surface area contributed by atoms with Gasteiger partial charge in [0.15, 0.2) is 0 Å². The highest BCUT2D eigenvalue weighted by molar-refractivity contribution is 6.46. The Balaban J connectivity index is -0.000000180. The highest BCUT2D eigenvalue weighted by Crippen LogP contribution is 2.07. The van der Waals surface area contributed by atoms with Crippen molar-refractivity contribution >= 4 is 23.2 Å². The van der Waals surface area contributed by atoms with Crippen molar-refractivity contribution < 1.29 is 30.1 Å². The quantitative estimate of drug-likeness (QED) is 0.349. The summed E-state index contributed by atoms with van der Waals surface area (Å²) in [5, 5.41) is 1.84. The van der Waals surface area contributed by atoms with Gasteiger partial charge in [-0.15, -0.1) is 0 Å². The van der Waals surface area contributed by atoms with E-state index in [-0.39, 0.29) is 24.8 Å². The molecule has 0 radical (unpaired) electrons. The zero-order valence-corrected chi connectivity index (χ0v) is 8.32. The average Bonchev–Trinajstić information content (AvgIpc) is 1.30. The lowest BCUT2D eigenvalue weighted by Gasteiger charge is -2.07. The molecule has 0 bridgehead atoms. The molecule has 1 nitrogen and oxygen atoms in total. The topological polar surface area (TPSA) is 16.6 Å². The van der Waals surface area contributed by atoms with Gasteiger partial charge < -0.3 is 30.1 Å². The predicted molar refractivity (Wildman–Crippen MR) is 32.6 cm³/mol. The normalized spacial score (nSPS) is 9.33. The maximum Gasteiger partial charge on any atom is 0.245 e. The van der Waals surface area contributed by atoms with Crippen LogP contribution in [-0.2, 0) is 0 Å². The van der Waals surface area contributed by atoms with Gasteiger partial charge in [0.2, 0.25) is 4.46 Å². The molecule has 0 aromatic carbocycles. The lowest BCUT2D eigenvalue weighted by atomic mass is 10.6. The minimum atomic E-state index is -0.630. The van der Waals surface area contributed by atoms with Crippen molar-refractivity contribution in [2.24, 2.45) is 0 Å². The largest absolute Gasteiger partial charge is 1.00 e. The van der Waals surface area contributed by atoms with E-state index in [0.29, 0.717) is 0 Å². The predicted octanol–water partition coefficient (Wildman–Crippen LogP) is -5.27. The summed E-state index contributed by atoms with van der Waals surface area (Å²) < 4.78 is -0.630. The van der Waals surface area contributed by atoms with Crippen molar-refractivity contribution in [3.63, 3.8) is 0 Å². The van der Waals surface area contributed by atoms with Crippen LogP contribution in [0.1, 0.15) is 13.8 Å². The fourth-order valence-corrected chi connectivity index (χ4v) is 0.667. The number of rotatable bonds is 2. The second kappa shape index (κ2) is 7.23. The van der Waals surface area contributed by atoms with Gasteiger partial charge in [-0.3, -0.25) is 0 Å². The molecule has 5 heteroatoms. The van der Waals surface area contributed by atoms with Crippen LogP contribution in [0.3, 0.4) is 0 Å². The average molecular weight is 214 g/mol. The Morgan fingerprint density at radius 3 is 1.67 bits per heavy atom. The monoisotopic (exact) mass is 212 g/mol. The highest BCUT2D eigenvalue weighted by Gasteiger charge is 2.16. The molecule has 0 fully saturated rings. The van der Waals surface area contributed by atoms with Crippen molar-refractivity contribution in [2.45, 2.75) is 18.3 Å². The summed E-state index contributed by atoms with van der Waals surface area (Å²) in [7, 11) is 0. The van der Waals surface area contributed by atoms with Crippen molar-refractivity contribution in [2.75, 3.05) is 6.54 Å². The Labute approximate surface area is 78.3 Å². The molecule has 0 aliphatic heterocycles. The molecule has 0 aromatic heterocycles. The first-order valence-electron chi connectivity index (χ1n) is 2.28. The third-order valence-corrected chi connectivity index (χ3v) is 0.871. The molecule has 2 N–H and O–H groups in total. The third-order valence-electron chi connectivity index (χ3n) is 0.563. The standard InChI is InChI=1S/C4H9Cl2N.2ClH/c1-3-7-4(2,5)6;;/h7H,3H2,1-2H3;2*1H/p-1. The zero-order valence-electron chi connectivity index (χ0n) is 5.30. The second-order valence-electron chi connectivity index (χ2n) is 1.57. The van der Waals surface area contributed by atoms with Gasteiger partial charge in [0.05, 0.1) is 6.54 Å². The van der Waals surface area contributed by atoms with E-state index in [1.165, 1.54) is 0 Å². The molecule has 0 atom stereocenters. The van der Waals surface area contributed by atoms with Gasteiger partial charge in [-0.25, -0.2) is 0 Å². The molecule has 0 saturated heterocycles. The zero-order chi connectivity index (χ0) is 5.91. The first-order chi connectivity index (χ1) is 3.06. The lowest BCUT2D eigenvalue weighted by Crippen LogP contribution is -3.00. The van der Waals surface area contributed by atoms with Crippen LogP contribution in [0.15, 0.2) is 0 Å². The van der Waals surface area contributed by atoms with E-state index in [2.05, 4.69) is 0 Å². The van der Waals surface area contributed by atoms with Crippen molar-refractivity contribution in [3.8, 4) is 0 Å². The highest BCUT2D eigenvalue weighted by atomic mass is 35.5. The summed E-state index contributed by atoms with van der Waals surface area (Å²) in [6, 6.07) is 0. The van der Waals surface area contributed by atoms with Crippen LogP contribution in [0.2, 0.25) is 0 Å². The Bertz CT molecular complexity index is 51.0. The van der Waals surface area contributed by atoms with Crippen LogP contribution in [0, 0.1) is 0 Å². The third kappa shape index (κ3) is 17.6. The summed E-state index contributed by atoms with van der Waals surface area (Å²) in [5.74, 6) is 0. The van der Waals surface area contributed by atoms with Crippen LogP contribution in [0.4, 0.5) is 0 Å². The fourth-order valence-electron chi connectivity index (χ4n) is 0.358. The van der Waals surface area contributed by atoms with Gasteiger partial charge in [-0.2, -0.15) is 0 Å². The van der Waals surface area contributed by atoms with E-state index in [1.807, 2.05) is 12.2 Å². The molecule has 0 aliphatic rings. The van der Waals surface area contributed by atoms with Crippen LogP contribution in [0.25, 0.3) is 0 Å². The van der Waals surface area contributed by atoms with Crippen LogP contribution >= 0.6 is 23.2 Å². The van der Waals surface area contributed by atoms with Gasteiger partial charge in [0.25, 0.3) is 0 Å². The fraction of sp³-hybridized carbons (Fsp3) is 1.00. The number of halogens is 4. The Morgan fingerprint density at radius 1 is 1.33 bits per heavy atom. The summed E-state index contributed by atoms with van der Waals surface area (Å²) >= 11 is 11.1. The smallest absolute Gasteiger partial charge is 0.245 e. The SMILES string of the molecule is CC[NH2+]C(C)(Cl)Cl.[Cl-].[Cl-]. The molecule has 9 heavy (non-hydrogen) atoms. The van der Waals surface area contributed by atoms with Gasteiger partial charge in [0.1, 0.15) is 0 Å². The molecule has 0 rings (SSSR count). The van der Waals surface area contributed by atoms with E-state index in [1.54, 1.807) is 6.92 Å². The van der Waals surface area contributed by atoms with Crippen molar-refractivity contribution in [3.05, 3.63) is 0 Å². The van der Waals surface area contributed by atoms with Crippen LogP contribution in [-0.4, -0.2) is 11.0 Å². The van der Waals surface area contributed by atoms with E-state index in [9.17, 15) is 0 Å². The van der Waals surface area contributed by atoms with Crippen LogP contribution < -0.4 is 30.1 Å². The van der Waals surface area contributed by atoms with Gasteiger partial charge in [-0.05, 0) is 30.1 Å². The maximum atomic E-state index is 5.54. The molecular formula is C4H10Cl4N-. The first kappa shape index (κ1) is 16.6. The first-order valence-corrected chi connectivity index (χ1v) is 3.04. The van der Waals surface area contributed by atoms with E-state index in [4.69, 9.17) is 23.2 Å². The van der Waals surface area contributed by atoms with E-state index >= 15 is 0 Å². The lowest BCUT2D eigenvalue weighted by molar-refractivity contribution is -0.679. The molecule has 0 heterocycles. The Kier molecular flexibility index (Phi) is 13.3. The molecule has 0 aromatic rings. The molecule has 0 saturated carbocycles. The molecular weight excluding hydrogens is 204 g/mol. The number of hydrogen-bond donors (Lipinski definition) is 1. The van der Waals surface area contributed by atoms with Gasteiger partial charge in [-0.1, -0.05) is 0 Å². The minimum Gasteiger partial charge on any atom is -1.00 e. The Hall–Kier alpha value is 1.12. The van der Waals surface area contributed by atoms with Gasteiger partial charge in [0, 0.05) is 6.92 Å². The van der Waals surface area contributed by atoms with Gasteiger partial charge >= 0.3 is 0 Å². The number of quaternary nitrogens is 1. The summed E-state index contributed by atoms with van der Waals surface area (Å²) in [6.45, 7) is 4.67. The molecule has 0 aliphatic carbocycles. The number of hydrogen-bond acceptors (Lipinski definition) is 0. The van der Waals surface area contributed by atoms with E-state index in [0.717, 1.165) is 6.54 Å². The minimum absolute atomic E-state index is 0. The molecule has 0 spiro atoms. The number of nitrogens with two attached hydrogens (primary N) is 1. The summed E-state index contributed by atoms with van der Waals surface area (Å²) in [5.41, 5.74) is 0. The molecule has 0 unspecified atom stereocenters. The summed E-state index contributed by atoms with van der Waals surface area (Å²) in [6.07, 6.45) is 0. The van der Waals surface area contributed by atoms with E-state index < -0.39 is 4.46 Å². The second-order valence-corrected chi connectivity index (χ2v) is 3.33. The Morgan fingerprint density at radius 2 is 1.67 bits per heavy atom. The van der Waals surface area contributed by atoms with Crippen molar-refractivity contribution in [1.29, 1.82) is 0 Å². The summed E-state index contributed by atoms with van der Waals surface area (Å²) in [4.78, 5) is 0. The number of alkyl halides is 2. The van der Waals surface area contributed by atoms with Crippen molar-refractivity contribution in [1.82, 2.24) is 0 Å². The molecule has 0 amide bonds. The van der Waals surface area contributed by atoms with Crippen LogP contribution in [0.5, 0.6) is 0 Å². The maximum absolute atomic E-state index is 5.54. The molecule has 60 valence electrons.